The average Bonchev–Trinajstić information content (AvgIpc) is 2.52. The van der Waals surface area contributed by atoms with Gasteiger partial charge in [-0.25, -0.2) is 9.18 Å². The second-order valence-corrected chi connectivity index (χ2v) is 5.19. The number of nitrogens with one attached hydrogen (secondary N) is 1. The molecule has 1 aromatic carbocycles. The van der Waals surface area contributed by atoms with E-state index in [0.717, 1.165) is 0 Å². The zero-order valence-corrected chi connectivity index (χ0v) is 13.4. The van der Waals surface area contributed by atoms with Crippen LogP contribution in [0.15, 0.2) is 18.2 Å². The van der Waals surface area contributed by atoms with E-state index in [1.165, 1.54) is 26.4 Å². The second kappa shape index (κ2) is 7.77. The Morgan fingerprint density at radius 3 is 2.50 bits per heavy atom. The third-order valence-electron chi connectivity index (χ3n) is 3.62. The van der Waals surface area contributed by atoms with Crippen molar-refractivity contribution in [2.24, 2.45) is 0 Å². The van der Waals surface area contributed by atoms with Gasteiger partial charge in [-0.2, -0.15) is 0 Å². The minimum Gasteiger partial charge on any atom is -0.494 e. The van der Waals surface area contributed by atoms with Crippen LogP contribution in [0.25, 0.3) is 0 Å². The second-order valence-electron chi connectivity index (χ2n) is 5.19. The molecule has 0 heterocycles. The smallest absolute Gasteiger partial charge is 0.331 e. The standard InChI is InChI=1S/C16H22FNO4/c1-5-16(2,15(20)22-4)18-14(19)9-7-11-6-8-13(21-3)12(17)10-11/h6,8,10H,5,7,9H2,1-4H3,(H,18,19)/t16-/m1/s1. The number of esters is 1. The summed E-state index contributed by atoms with van der Waals surface area (Å²) < 4.78 is 23.1. The predicted molar refractivity (Wildman–Crippen MR) is 80.1 cm³/mol. The van der Waals surface area contributed by atoms with Crippen molar-refractivity contribution in [2.75, 3.05) is 14.2 Å². The van der Waals surface area contributed by atoms with Gasteiger partial charge in [-0.05, 0) is 37.5 Å². The van der Waals surface area contributed by atoms with Gasteiger partial charge in [-0.1, -0.05) is 13.0 Å². The number of hydrogen-bond donors (Lipinski definition) is 1. The maximum Gasteiger partial charge on any atom is 0.331 e. The quantitative estimate of drug-likeness (QED) is 0.784. The van der Waals surface area contributed by atoms with Gasteiger partial charge in [0, 0.05) is 6.42 Å². The number of halogens is 1. The van der Waals surface area contributed by atoms with Gasteiger partial charge in [0.15, 0.2) is 11.6 Å². The molecule has 0 spiro atoms. The summed E-state index contributed by atoms with van der Waals surface area (Å²) in [6.07, 6.45) is 0.939. The summed E-state index contributed by atoms with van der Waals surface area (Å²) in [6.45, 7) is 3.40. The Hall–Kier alpha value is -2.11. The van der Waals surface area contributed by atoms with E-state index < -0.39 is 17.3 Å². The molecule has 1 N–H and O–H groups in total. The van der Waals surface area contributed by atoms with Gasteiger partial charge in [-0.15, -0.1) is 0 Å². The normalized spacial score (nSPS) is 13.1. The van der Waals surface area contributed by atoms with E-state index in [1.807, 2.05) is 0 Å². The molecule has 0 aliphatic heterocycles. The number of aryl methyl sites for hydroxylation is 1. The van der Waals surface area contributed by atoms with E-state index in [2.05, 4.69) is 5.32 Å². The summed E-state index contributed by atoms with van der Waals surface area (Å²) in [4.78, 5) is 23.7. The van der Waals surface area contributed by atoms with Crippen molar-refractivity contribution in [3.8, 4) is 5.75 Å². The third-order valence-corrected chi connectivity index (χ3v) is 3.62. The lowest BCUT2D eigenvalue weighted by molar-refractivity contribution is -0.150. The van der Waals surface area contributed by atoms with E-state index in [4.69, 9.17) is 9.47 Å². The van der Waals surface area contributed by atoms with Gasteiger partial charge in [0.1, 0.15) is 5.54 Å². The lowest BCUT2D eigenvalue weighted by Gasteiger charge is -2.26. The zero-order valence-electron chi connectivity index (χ0n) is 13.4. The number of ether oxygens (including phenoxy) is 2. The molecule has 5 nitrogen and oxygen atoms in total. The van der Waals surface area contributed by atoms with E-state index in [0.29, 0.717) is 18.4 Å². The summed E-state index contributed by atoms with van der Waals surface area (Å²) >= 11 is 0. The summed E-state index contributed by atoms with van der Waals surface area (Å²) in [7, 11) is 2.67. The molecule has 0 aromatic heterocycles. The SMILES string of the molecule is CC[C@@](C)(NC(=O)CCc1ccc(OC)c(F)c1)C(=O)OC. The lowest BCUT2D eigenvalue weighted by Crippen LogP contribution is -2.52. The highest BCUT2D eigenvalue weighted by atomic mass is 19.1. The molecule has 0 aliphatic rings. The Kier molecular flexibility index (Phi) is 6.34. The maximum atomic E-state index is 13.6. The van der Waals surface area contributed by atoms with Crippen molar-refractivity contribution < 1.29 is 23.5 Å². The molecule has 0 saturated heterocycles. The Morgan fingerprint density at radius 1 is 1.32 bits per heavy atom. The lowest BCUT2D eigenvalue weighted by atomic mass is 9.98. The first-order valence-corrected chi connectivity index (χ1v) is 7.08. The first-order valence-electron chi connectivity index (χ1n) is 7.08. The molecule has 1 amide bonds. The molecular weight excluding hydrogens is 289 g/mol. The number of carbonyl (C=O) groups excluding carboxylic acids is 2. The first kappa shape index (κ1) is 17.9. The van der Waals surface area contributed by atoms with E-state index in [-0.39, 0.29) is 18.1 Å². The molecule has 1 rings (SSSR count). The molecular formula is C16H22FNO4. The Balaban J connectivity index is 2.62. The van der Waals surface area contributed by atoms with Crippen molar-refractivity contribution in [3.05, 3.63) is 29.6 Å². The van der Waals surface area contributed by atoms with Gasteiger partial charge in [0.25, 0.3) is 0 Å². The summed E-state index contributed by atoms with van der Waals surface area (Å²) in [5.41, 5.74) is -0.360. The summed E-state index contributed by atoms with van der Waals surface area (Å²) in [5, 5.41) is 2.67. The van der Waals surface area contributed by atoms with Gasteiger partial charge in [-0.3, -0.25) is 4.79 Å². The number of amides is 1. The number of methoxy groups -OCH3 is 2. The van der Waals surface area contributed by atoms with E-state index in [1.54, 1.807) is 19.9 Å². The monoisotopic (exact) mass is 311 g/mol. The molecule has 0 aliphatic carbocycles. The maximum absolute atomic E-state index is 13.6. The van der Waals surface area contributed by atoms with Gasteiger partial charge in [0.2, 0.25) is 5.91 Å². The fourth-order valence-corrected chi connectivity index (χ4v) is 2.00. The Morgan fingerprint density at radius 2 is 2.00 bits per heavy atom. The number of hydrogen-bond acceptors (Lipinski definition) is 4. The number of rotatable bonds is 7. The molecule has 0 unspecified atom stereocenters. The van der Waals surface area contributed by atoms with E-state index in [9.17, 15) is 14.0 Å². The van der Waals surface area contributed by atoms with Gasteiger partial charge < -0.3 is 14.8 Å². The fraction of sp³-hybridized carbons (Fsp3) is 0.500. The van der Waals surface area contributed by atoms with Crippen LogP contribution in [0.3, 0.4) is 0 Å². The molecule has 22 heavy (non-hydrogen) atoms. The van der Waals surface area contributed by atoms with Crippen molar-refractivity contribution >= 4 is 11.9 Å². The van der Waals surface area contributed by atoms with Crippen LogP contribution in [0.2, 0.25) is 0 Å². The minimum atomic E-state index is -1.04. The van der Waals surface area contributed by atoms with Crippen LogP contribution in [0, 0.1) is 5.82 Å². The molecule has 0 bridgehead atoms. The third kappa shape index (κ3) is 4.44. The number of benzene rings is 1. The first-order chi connectivity index (χ1) is 10.4. The van der Waals surface area contributed by atoms with E-state index >= 15 is 0 Å². The average molecular weight is 311 g/mol. The molecule has 0 radical (unpaired) electrons. The van der Waals surface area contributed by atoms with Crippen LogP contribution in [-0.4, -0.2) is 31.6 Å². The summed E-state index contributed by atoms with van der Waals surface area (Å²) in [5.74, 6) is -1.07. The number of carbonyl (C=O) groups is 2. The Labute approximate surface area is 129 Å². The minimum absolute atomic E-state index is 0.151. The molecule has 0 saturated carbocycles. The van der Waals surface area contributed by atoms with Gasteiger partial charge >= 0.3 is 5.97 Å². The highest BCUT2D eigenvalue weighted by Crippen LogP contribution is 2.19. The van der Waals surface area contributed by atoms with Crippen molar-refractivity contribution in [3.63, 3.8) is 0 Å². The van der Waals surface area contributed by atoms with Crippen LogP contribution in [-0.2, 0) is 20.7 Å². The zero-order chi connectivity index (χ0) is 16.8. The topological polar surface area (TPSA) is 64.6 Å². The molecule has 1 atom stereocenters. The van der Waals surface area contributed by atoms with Crippen LogP contribution in [0.4, 0.5) is 4.39 Å². The van der Waals surface area contributed by atoms with Crippen molar-refractivity contribution in [1.29, 1.82) is 0 Å². The highest BCUT2D eigenvalue weighted by Gasteiger charge is 2.33. The van der Waals surface area contributed by atoms with Crippen molar-refractivity contribution in [2.45, 2.75) is 38.6 Å². The molecule has 122 valence electrons. The summed E-state index contributed by atoms with van der Waals surface area (Å²) in [6, 6.07) is 4.56. The largest absolute Gasteiger partial charge is 0.494 e. The van der Waals surface area contributed by atoms with Gasteiger partial charge in [0.05, 0.1) is 14.2 Å². The Bertz CT molecular complexity index is 547. The van der Waals surface area contributed by atoms with Crippen LogP contribution >= 0.6 is 0 Å². The predicted octanol–water partition coefficient (Wildman–Crippen LogP) is 2.22. The van der Waals surface area contributed by atoms with Crippen LogP contribution in [0.1, 0.15) is 32.3 Å². The molecule has 6 heteroatoms. The van der Waals surface area contributed by atoms with Crippen LogP contribution in [0.5, 0.6) is 5.75 Å². The highest BCUT2D eigenvalue weighted by molar-refractivity contribution is 5.87. The molecule has 0 fully saturated rings. The van der Waals surface area contributed by atoms with Crippen molar-refractivity contribution in [1.82, 2.24) is 5.32 Å². The molecule has 1 aromatic rings. The van der Waals surface area contributed by atoms with Crippen LogP contribution < -0.4 is 10.1 Å². The fourth-order valence-electron chi connectivity index (χ4n) is 2.00.